The van der Waals surface area contributed by atoms with Gasteiger partial charge in [-0.15, -0.1) is 0 Å². The Morgan fingerprint density at radius 1 is 1.47 bits per heavy atom. The molecule has 1 N–H and O–H groups in total. The Labute approximate surface area is 109 Å². The van der Waals surface area contributed by atoms with Crippen molar-refractivity contribution >= 4 is 11.8 Å². The average Bonchev–Trinajstić information content (AvgIpc) is 2.75. The van der Waals surface area contributed by atoms with Crippen molar-refractivity contribution in [1.82, 2.24) is 15.1 Å². The van der Waals surface area contributed by atoms with E-state index in [0.717, 1.165) is 13.0 Å². The lowest BCUT2D eigenvalue weighted by atomic mass is 10.1. The third-order valence-electron chi connectivity index (χ3n) is 2.81. The van der Waals surface area contributed by atoms with E-state index in [9.17, 15) is 0 Å². The van der Waals surface area contributed by atoms with Crippen LogP contribution in [0.15, 0.2) is 12.3 Å². The van der Waals surface area contributed by atoms with Gasteiger partial charge in [0.1, 0.15) is 0 Å². The van der Waals surface area contributed by atoms with E-state index in [1.54, 1.807) is 0 Å². The van der Waals surface area contributed by atoms with Gasteiger partial charge in [0.15, 0.2) is 0 Å². The van der Waals surface area contributed by atoms with E-state index in [1.807, 2.05) is 16.4 Å². The van der Waals surface area contributed by atoms with E-state index < -0.39 is 0 Å². The number of rotatable bonds is 8. The van der Waals surface area contributed by atoms with Crippen molar-refractivity contribution in [3.8, 4) is 0 Å². The van der Waals surface area contributed by atoms with Gasteiger partial charge in [0.05, 0.1) is 5.69 Å². The normalized spacial score (nSPS) is 13.2. The highest BCUT2D eigenvalue weighted by atomic mass is 32.2. The molecule has 98 valence electrons. The summed E-state index contributed by atoms with van der Waals surface area (Å²) >= 11 is 1.91. The summed E-state index contributed by atoms with van der Waals surface area (Å²) in [6, 6.07) is 3.15. The summed E-state index contributed by atoms with van der Waals surface area (Å²) in [6.07, 6.45) is 6.49. The lowest BCUT2D eigenvalue weighted by Crippen LogP contribution is -2.31. The molecule has 0 aliphatic carbocycles. The maximum Gasteiger partial charge on any atom is 0.0640 e. The van der Waals surface area contributed by atoms with Gasteiger partial charge >= 0.3 is 0 Å². The number of nitrogens with one attached hydrogen (secondary N) is 1. The first-order valence-corrected chi connectivity index (χ1v) is 7.83. The molecule has 1 atom stereocenters. The summed E-state index contributed by atoms with van der Waals surface area (Å²) < 4.78 is 2.03. The summed E-state index contributed by atoms with van der Waals surface area (Å²) in [5.41, 5.74) is 1.20. The molecule has 4 heteroatoms. The highest BCUT2D eigenvalue weighted by molar-refractivity contribution is 7.98. The van der Waals surface area contributed by atoms with Gasteiger partial charge in [0.25, 0.3) is 0 Å². The second-order valence-electron chi connectivity index (χ2n) is 4.62. The van der Waals surface area contributed by atoms with Crippen LogP contribution in [0.4, 0.5) is 0 Å². The largest absolute Gasteiger partial charge is 0.314 e. The fourth-order valence-corrected chi connectivity index (χ4v) is 2.37. The monoisotopic (exact) mass is 255 g/mol. The van der Waals surface area contributed by atoms with Crippen molar-refractivity contribution in [3.05, 3.63) is 18.0 Å². The summed E-state index contributed by atoms with van der Waals surface area (Å²) in [6.45, 7) is 7.52. The molecule has 0 saturated carbocycles. The van der Waals surface area contributed by atoms with Gasteiger partial charge in [0, 0.05) is 24.7 Å². The van der Waals surface area contributed by atoms with E-state index in [4.69, 9.17) is 0 Å². The van der Waals surface area contributed by atoms with Crippen molar-refractivity contribution in [3.63, 3.8) is 0 Å². The van der Waals surface area contributed by atoms with Crippen molar-refractivity contribution in [2.24, 2.45) is 0 Å². The van der Waals surface area contributed by atoms with Crippen molar-refractivity contribution in [2.45, 2.75) is 45.7 Å². The first kappa shape index (κ1) is 14.6. The number of nitrogens with zero attached hydrogens (tertiary/aromatic N) is 2. The lowest BCUT2D eigenvalue weighted by Gasteiger charge is -2.16. The maximum atomic E-state index is 4.61. The molecule has 1 rings (SSSR count). The lowest BCUT2D eigenvalue weighted by molar-refractivity contribution is 0.490. The van der Waals surface area contributed by atoms with Crippen LogP contribution in [0.2, 0.25) is 0 Å². The van der Waals surface area contributed by atoms with Crippen LogP contribution in [-0.4, -0.2) is 34.4 Å². The second kappa shape index (κ2) is 7.77. The Bertz CT molecular complexity index is 309. The fraction of sp³-hybridized carbons (Fsp3) is 0.769. The third kappa shape index (κ3) is 5.13. The van der Waals surface area contributed by atoms with Crippen molar-refractivity contribution in [1.29, 1.82) is 0 Å². The molecule has 0 aromatic carbocycles. The minimum absolute atomic E-state index is 0.451. The van der Waals surface area contributed by atoms with Gasteiger partial charge in [0.2, 0.25) is 0 Å². The van der Waals surface area contributed by atoms with E-state index in [1.165, 1.54) is 17.9 Å². The zero-order valence-corrected chi connectivity index (χ0v) is 12.3. The van der Waals surface area contributed by atoms with Crippen LogP contribution in [-0.2, 0) is 6.42 Å². The van der Waals surface area contributed by atoms with E-state index >= 15 is 0 Å². The third-order valence-corrected chi connectivity index (χ3v) is 3.46. The van der Waals surface area contributed by atoms with Crippen LogP contribution in [0.25, 0.3) is 0 Å². The number of hydrogen-bond acceptors (Lipinski definition) is 3. The molecule has 0 radical (unpaired) electrons. The average molecular weight is 255 g/mol. The number of aromatic nitrogens is 2. The van der Waals surface area contributed by atoms with Crippen molar-refractivity contribution < 1.29 is 0 Å². The predicted molar refractivity (Wildman–Crippen MR) is 76.8 cm³/mol. The Kier molecular flexibility index (Phi) is 6.66. The maximum absolute atomic E-state index is 4.61. The molecule has 0 amide bonds. The Morgan fingerprint density at radius 2 is 2.24 bits per heavy atom. The number of hydrogen-bond donors (Lipinski definition) is 1. The predicted octanol–water partition coefficient (Wildman–Crippen LogP) is 2.74. The SMILES string of the molecule is CCNC(CCSC)Cc1ccn(C(C)C)n1. The number of thioether (sulfide) groups is 1. The van der Waals surface area contributed by atoms with E-state index in [2.05, 4.69) is 49.7 Å². The van der Waals surface area contributed by atoms with Gasteiger partial charge in [-0.05, 0) is 44.9 Å². The molecule has 0 saturated heterocycles. The molecule has 0 aliphatic rings. The summed E-state index contributed by atoms with van der Waals surface area (Å²) in [7, 11) is 0. The minimum Gasteiger partial charge on any atom is -0.314 e. The Morgan fingerprint density at radius 3 is 2.76 bits per heavy atom. The molecule has 1 aromatic rings. The summed E-state index contributed by atoms with van der Waals surface area (Å²) in [5.74, 6) is 1.21. The highest BCUT2D eigenvalue weighted by Gasteiger charge is 2.10. The van der Waals surface area contributed by atoms with E-state index in [-0.39, 0.29) is 0 Å². The summed E-state index contributed by atoms with van der Waals surface area (Å²) in [4.78, 5) is 0. The van der Waals surface area contributed by atoms with Crippen LogP contribution in [0.3, 0.4) is 0 Å². The van der Waals surface area contributed by atoms with Gasteiger partial charge in [-0.3, -0.25) is 4.68 Å². The molecular weight excluding hydrogens is 230 g/mol. The van der Waals surface area contributed by atoms with Gasteiger partial charge in [-0.25, -0.2) is 0 Å². The molecule has 0 fully saturated rings. The first-order chi connectivity index (χ1) is 8.17. The van der Waals surface area contributed by atoms with Gasteiger partial charge in [-0.2, -0.15) is 16.9 Å². The van der Waals surface area contributed by atoms with Crippen LogP contribution >= 0.6 is 11.8 Å². The molecule has 1 unspecified atom stereocenters. The van der Waals surface area contributed by atoms with Crippen molar-refractivity contribution in [2.75, 3.05) is 18.6 Å². The topological polar surface area (TPSA) is 29.9 Å². The molecule has 0 aliphatic heterocycles. The van der Waals surface area contributed by atoms with Crippen LogP contribution in [0.1, 0.15) is 38.9 Å². The van der Waals surface area contributed by atoms with E-state index in [0.29, 0.717) is 12.1 Å². The zero-order valence-electron chi connectivity index (χ0n) is 11.4. The fourth-order valence-electron chi connectivity index (χ4n) is 1.85. The van der Waals surface area contributed by atoms with Gasteiger partial charge in [-0.1, -0.05) is 6.92 Å². The molecule has 3 nitrogen and oxygen atoms in total. The minimum atomic E-state index is 0.451. The smallest absolute Gasteiger partial charge is 0.0640 e. The molecule has 0 bridgehead atoms. The van der Waals surface area contributed by atoms with Gasteiger partial charge < -0.3 is 5.32 Å². The second-order valence-corrected chi connectivity index (χ2v) is 5.61. The van der Waals surface area contributed by atoms with Crippen LogP contribution in [0.5, 0.6) is 0 Å². The number of likely N-dealkylation sites (N-methyl/N-ethyl adjacent to an activating group) is 1. The molecule has 1 heterocycles. The first-order valence-electron chi connectivity index (χ1n) is 6.43. The Balaban J connectivity index is 2.52. The quantitative estimate of drug-likeness (QED) is 0.774. The zero-order chi connectivity index (χ0) is 12.7. The summed E-state index contributed by atoms with van der Waals surface area (Å²) in [5, 5.41) is 8.15. The molecule has 0 spiro atoms. The molecule has 1 aromatic heterocycles. The van der Waals surface area contributed by atoms with Crippen LogP contribution in [0, 0.1) is 0 Å². The standard InChI is InChI=1S/C13H25N3S/c1-5-14-12(7-9-17-4)10-13-6-8-16(15-13)11(2)3/h6,8,11-12,14H,5,7,9-10H2,1-4H3. The highest BCUT2D eigenvalue weighted by Crippen LogP contribution is 2.09. The molecule has 17 heavy (non-hydrogen) atoms. The Hall–Kier alpha value is -0.480. The van der Waals surface area contributed by atoms with Crippen LogP contribution < -0.4 is 5.32 Å². The molecular formula is C13H25N3S.